The first-order chi connectivity index (χ1) is 9.54. The molecule has 0 amide bonds. The second kappa shape index (κ2) is 5.35. The number of nitrogens with zero attached hydrogens (tertiary/aromatic N) is 3. The highest BCUT2D eigenvalue weighted by Gasteiger charge is 2.42. The normalized spacial score (nSPS) is 24.1. The lowest BCUT2D eigenvalue weighted by Crippen LogP contribution is -2.34. The number of hydrogen-bond acceptors (Lipinski definition) is 3. The minimum atomic E-state index is -4.13. The summed E-state index contributed by atoms with van der Waals surface area (Å²) in [4.78, 5) is 0. The zero-order valence-electron chi connectivity index (χ0n) is 11.3. The molecule has 1 aromatic heterocycles. The molecule has 2 aliphatic rings. The van der Waals surface area contributed by atoms with Crippen LogP contribution < -0.4 is 5.32 Å². The van der Waals surface area contributed by atoms with Crippen LogP contribution in [0.15, 0.2) is 0 Å². The zero-order valence-corrected chi connectivity index (χ0v) is 11.3. The Bertz CT molecular complexity index is 463. The van der Waals surface area contributed by atoms with Gasteiger partial charge in [-0.2, -0.15) is 13.2 Å². The molecule has 1 saturated carbocycles. The fourth-order valence-corrected chi connectivity index (χ4v) is 3.15. The van der Waals surface area contributed by atoms with Crippen molar-refractivity contribution in [2.75, 3.05) is 0 Å². The van der Waals surface area contributed by atoms with Gasteiger partial charge in [-0.05, 0) is 19.3 Å². The Labute approximate surface area is 115 Å². The van der Waals surface area contributed by atoms with Gasteiger partial charge in [0, 0.05) is 19.0 Å². The smallest absolute Gasteiger partial charge is 0.313 e. The molecule has 1 fully saturated rings. The van der Waals surface area contributed by atoms with Crippen molar-refractivity contribution in [1.29, 1.82) is 0 Å². The number of aromatic nitrogens is 3. The Kier molecular flexibility index (Phi) is 3.70. The average Bonchev–Trinajstić information content (AvgIpc) is 3.04. The van der Waals surface area contributed by atoms with Gasteiger partial charge in [0.1, 0.15) is 11.6 Å². The maximum atomic E-state index is 12.8. The first-order valence-electron chi connectivity index (χ1n) is 7.25. The van der Waals surface area contributed by atoms with E-state index in [9.17, 15) is 13.2 Å². The SMILES string of the molecule is FC(F)(F)C1CCc2nnc(CNC3CCCC3)n2C1. The minimum absolute atomic E-state index is 0.0342. The molecule has 1 aromatic rings. The molecule has 2 heterocycles. The Hall–Kier alpha value is -1.11. The van der Waals surface area contributed by atoms with Crippen molar-refractivity contribution < 1.29 is 13.2 Å². The predicted octanol–water partition coefficient (Wildman–Crippen LogP) is 2.44. The molecule has 0 bridgehead atoms. The standard InChI is InChI=1S/C13H19F3N4/c14-13(15,16)9-5-6-11-18-19-12(20(11)8-9)7-17-10-3-1-2-4-10/h9-10,17H,1-8H2. The lowest BCUT2D eigenvalue weighted by atomic mass is 9.99. The fourth-order valence-electron chi connectivity index (χ4n) is 3.15. The van der Waals surface area contributed by atoms with E-state index < -0.39 is 12.1 Å². The number of fused-ring (bicyclic) bond motifs is 1. The molecule has 0 spiro atoms. The molecule has 1 unspecified atom stereocenters. The summed E-state index contributed by atoms with van der Waals surface area (Å²) in [6, 6.07) is 0.477. The summed E-state index contributed by atoms with van der Waals surface area (Å²) in [5.41, 5.74) is 0. The lowest BCUT2D eigenvalue weighted by Gasteiger charge is -2.26. The molecule has 1 N–H and O–H groups in total. The van der Waals surface area contributed by atoms with Gasteiger partial charge in [-0.15, -0.1) is 10.2 Å². The van der Waals surface area contributed by atoms with E-state index in [4.69, 9.17) is 0 Å². The van der Waals surface area contributed by atoms with Crippen LogP contribution in [-0.2, 0) is 19.5 Å². The summed E-state index contributed by atoms with van der Waals surface area (Å²) >= 11 is 0. The van der Waals surface area contributed by atoms with Crippen LogP contribution in [0.25, 0.3) is 0 Å². The van der Waals surface area contributed by atoms with E-state index in [-0.39, 0.29) is 13.0 Å². The highest BCUT2D eigenvalue weighted by Crippen LogP contribution is 2.34. The number of aryl methyl sites for hydroxylation is 1. The van der Waals surface area contributed by atoms with E-state index in [1.165, 1.54) is 12.8 Å². The van der Waals surface area contributed by atoms with Crippen molar-refractivity contribution in [2.24, 2.45) is 5.92 Å². The third kappa shape index (κ3) is 2.82. The van der Waals surface area contributed by atoms with E-state index in [1.807, 2.05) is 0 Å². The van der Waals surface area contributed by atoms with Crippen LogP contribution in [0.2, 0.25) is 0 Å². The molecule has 0 aromatic carbocycles. The molecule has 1 aliphatic carbocycles. The summed E-state index contributed by atoms with van der Waals surface area (Å²) in [5, 5.41) is 11.5. The Morgan fingerprint density at radius 3 is 2.60 bits per heavy atom. The summed E-state index contributed by atoms with van der Waals surface area (Å²) in [6.07, 6.45) is 1.10. The first kappa shape index (κ1) is 13.9. The third-order valence-corrected chi connectivity index (χ3v) is 4.39. The molecule has 0 radical (unpaired) electrons. The van der Waals surface area contributed by atoms with Gasteiger partial charge in [-0.3, -0.25) is 0 Å². The number of alkyl halides is 3. The van der Waals surface area contributed by atoms with Crippen molar-refractivity contribution in [2.45, 2.75) is 63.8 Å². The average molecular weight is 288 g/mol. The van der Waals surface area contributed by atoms with Crippen LogP contribution in [0.5, 0.6) is 0 Å². The number of rotatable bonds is 3. The summed E-state index contributed by atoms with van der Waals surface area (Å²) < 4.78 is 40.2. The van der Waals surface area contributed by atoms with Crippen LogP contribution in [0.1, 0.15) is 43.8 Å². The van der Waals surface area contributed by atoms with Gasteiger partial charge in [-0.1, -0.05) is 12.8 Å². The summed E-state index contributed by atoms with van der Waals surface area (Å²) in [5.74, 6) is 0.0609. The summed E-state index contributed by atoms with van der Waals surface area (Å²) in [6.45, 7) is 0.482. The zero-order chi connectivity index (χ0) is 14.2. The van der Waals surface area contributed by atoms with Gasteiger partial charge >= 0.3 is 6.18 Å². The van der Waals surface area contributed by atoms with Crippen LogP contribution >= 0.6 is 0 Å². The van der Waals surface area contributed by atoms with E-state index in [0.717, 1.165) is 12.8 Å². The van der Waals surface area contributed by atoms with Crippen molar-refractivity contribution in [3.05, 3.63) is 11.6 Å². The van der Waals surface area contributed by atoms with Gasteiger partial charge in [-0.25, -0.2) is 0 Å². The van der Waals surface area contributed by atoms with Crippen LogP contribution in [-0.4, -0.2) is 27.0 Å². The molecule has 0 saturated heterocycles. The molecular formula is C13H19F3N4. The van der Waals surface area contributed by atoms with E-state index >= 15 is 0 Å². The van der Waals surface area contributed by atoms with Gasteiger partial charge in [0.15, 0.2) is 0 Å². The maximum Gasteiger partial charge on any atom is 0.393 e. The molecule has 1 aliphatic heterocycles. The minimum Gasteiger partial charge on any atom is -0.313 e. The van der Waals surface area contributed by atoms with Crippen LogP contribution in [0.3, 0.4) is 0 Å². The van der Waals surface area contributed by atoms with Crippen molar-refractivity contribution in [3.8, 4) is 0 Å². The predicted molar refractivity (Wildman–Crippen MR) is 67.0 cm³/mol. The Morgan fingerprint density at radius 1 is 1.15 bits per heavy atom. The van der Waals surface area contributed by atoms with Crippen molar-refractivity contribution in [1.82, 2.24) is 20.1 Å². The highest BCUT2D eigenvalue weighted by atomic mass is 19.4. The van der Waals surface area contributed by atoms with E-state index in [1.54, 1.807) is 4.57 Å². The lowest BCUT2D eigenvalue weighted by molar-refractivity contribution is -0.182. The maximum absolute atomic E-state index is 12.8. The molecule has 3 rings (SSSR count). The van der Waals surface area contributed by atoms with Gasteiger partial charge in [0.05, 0.1) is 12.5 Å². The number of hydrogen-bond donors (Lipinski definition) is 1. The van der Waals surface area contributed by atoms with Crippen molar-refractivity contribution >= 4 is 0 Å². The molecule has 112 valence electrons. The summed E-state index contributed by atoms with van der Waals surface area (Å²) in [7, 11) is 0. The van der Waals surface area contributed by atoms with Crippen LogP contribution in [0.4, 0.5) is 13.2 Å². The molecule has 4 nitrogen and oxygen atoms in total. The molecule has 1 atom stereocenters. The van der Waals surface area contributed by atoms with E-state index in [0.29, 0.717) is 30.7 Å². The van der Waals surface area contributed by atoms with Gasteiger partial charge in [0.25, 0.3) is 0 Å². The van der Waals surface area contributed by atoms with E-state index in [2.05, 4.69) is 15.5 Å². The van der Waals surface area contributed by atoms with Gasteiger partial charge in [0.2, 0.25) is 0 Å². The van der Waals surface area contributed by atoms with Crippen molar-refractivity contribution in [3.63, 3.8) is 0 Å². The molecule has 20 heavy (non-hydrogen) atoms. The quantitative estimate of drug-likeness (QED) is 0.929. The fraction of sp³-hybridized carbons (Fsp3) is 0.846. The number of halogens is 3. The number of nitrogens with one attached hydrogen (secondary N) is 1. The molecule has 7 heteroatoms. The highest BCUT2D eigenvalue weighted by molar-refractivity contribution is 5.01. The third-order valence-electron chi connectivity index (χ3n) is 4.39. The largest absolute Gasteiger partial charge is 0.393 e. The van der Waals surface area contributed by atoms with Gasteiger partial charge < -0.3 is 9.88 Å². The Balaban J connectivity index is 1.67. The monoisotopic (exact) mass is 288 g/mol. The Morgan fingerprint density at radius 2 is 1.90 bits per heavy atom. The van der Waals surface area contributed by atoms with Crippen LogP contribution in [0, 0.1) is 5.92 Å². The topological polar surface area (TPSA) is 42.7 Å². The second-order valence-corrected chi connectivity index (χ2v) is 5.78. The first-order valence-corrected chi connectivity index (χ1v) is 7.25. The molecular weight excluding hydrogens is 269 g/mol. The second-order valence-electron chi connectivity index (χ2n) is 5.78.